The SMILES string of the molecule is CC(C)=CCC[C@H](C)C1CC[C@@H](C)c2c(OCc3ccc(Cl)cc3)cc(C)cc21. The fraction of sp³-hybridized carbons (Fsp3) is 0.481. The Morgan fingerprint density at radius 1 is 1.17 bits per heavy atom. The van der Waals surface area contributed by atoms with Crippen LogP contribution in [0, 0.1) is 12.8 Å². The van der Waals surface area contributed by atoms with Gasteiger partial charge in [-0.3, -0.25) is 0 Å². The molecule has 0 amide bonds. The summed E-state index contributed by atoms with van der Waals surface area (Å²) in [5, 5.41) is 0.764. The minimum absolute atomic E-state index is 0.548. The Kier molecular flexibility index (Phi) is 7.46. The first-order valence-electron chi connectivity index (χ1n) is 11.0. The summed E-state index contributed by atoms with van der Waals surface area (Å²) in [6.45, 7) is 11.9. The molecule has 2 aromatic rings. The van der Waals surface area contributed by atoms with Crippen LogP contribution in [0.25, 0.3) is 0 Å². The summed E-state index contributed by atoms with van der Waals surface area (Å²) in [5.41, 5.74) is 6.84. The number of fused-ring (bicyclic) bond motifs is 1. The van der Waals surface area contributed by atoms with Crippen molar-refractivity contribution in [1.82, 2.24) is 0 Å². The second-order valence-electron chi connectivity index (χ2n) is 9.10. The molecule has 2 aromatic carbocycles. The second kappa shape index (κ2) is 9.85. The monoisotopic (exact) mass is 410 g/mol. The number of allylic oxidation sites excluding steroid dienone is 2. The van der Waals surface area contributed by atoms with E-state index < -0.39 is 0 Å². The van der Waals surface area contributed by atoms with Gasteiger partial charge in [-0.1, -0.05) is 55.3 Å². The summed E-state index contributed by atoms with van der Waals surface area (Å²) in [6, 6.07) is 12.6. The lowest BCUT2D eigenvalue weighted by Crippen LogP contribution is -2.20. The van der Waals surface area contributed by atoms with Crippen LogP contribution in [0.3, 0.4) is 0 Å². The molecule has 0 bridgehead atoms. The van der Waals surface area contributed by atoms with Crippen LogP contribution in [0.4, 0.5) is 0 Å². The molecular weight excluding hydrogens is 376 g/mol. The lowest BCUT2D eigenvalue weighted by molar-refractivity contribution is 0.293. The Morgan fingerprint density at radius 3 is 2.59 bits per heavy atom. The van der Waals surface area contributed by atoms with Crippen molar-refractivity contribution in [3.63, 3.8) is 0 Å². The van der Waals surface area contributed by atoms with E-state index in [1.165, 1.54) is 47.9 Å². The molecule has 0 radical (unpaired) electrons. The molecule has 1 nitrogen and oxygen atoms in total. The Bertz CT molecular complexity index is 846. The third-order valence-corrected chi connectivity index (χ3v) is 6.54. The molecule has 0 saturated heterocycles. The van der Waals surface area contributed by atoms with Crippen molar-refractivity contribution in [3.05, 3.63) is 75.3 Å². The van der Waals surface area contributed by atoms with Gasteiger partial charge in [0.05, 0.1) is 0 Å². The zero-order valence-electron chi connectivity index (χ0n) is 18.6. The van der Waals surface area contributed by atoms with E-state index in [1.807, 2.05) is 24.3 Å². The van der Waals surface area contributed by atoms with Gasteiger partial charge in [0, 0.05) is 10.6 Å². The van der Waals surface area contributed by atoms with Crippen LogP contribution >= 0.6 is 11.6 Å². The Balaban J connectivity index is 1.83. The van der Waals surface area contributed by atoms with Gasteiger partial charge < -0.3 is 4.74 Å². The molecule has 0 spiro atoms. The van der Waals surface area contributed by atoms with Crippen LogP contribution in [-0.4, -0.2) is 0 Å². The lowest BCUT2D eigenvalue weighted by Gasteiger charge is -2.35. The maximum Gasteiger partial charge on any atom is 0.123 e. The molecule has 0 fully saturated rings. The number of hydrogen-bond acceptors (Lipinski definition) is 1. The highest BCUT2D eigenvalue weighted by molar-refractivity contribution is 6.30. The first-order valence-corrected chi connectivity index (χ1v) is 11.4. The van der Waals surface area contributed by atoms with E-state index in [0.717, 1.165) is 16.3 Å². The number of rotatable bonds is 7. The van der Waals surface area contributed by atoms with Gasteiger partial charge in [0.25, 0.3) is 0 Å². The van der Waals surface area contributed by atoms with Crippen LogP contribution in [0.5, 0.6) is 5.75 Å². The van der Waals surface area contributed by atoms with Crippen molar-refractivity contribution in [2.75, 3.05) is 0 Å². The minimum Gasteiger partial charge on any atom is -0.489 e. The van der Waals surface area contributed by atoms with Crippen LogP contribution in [0.15, 0.2) is 48.0 Å². The quantitative estimate of drug-likeness (QED) is 0.415. The van der Waals surface area contributed by atoms with Gasteiger partial charge in [0.1, 0.15) is 12.4 Å². The molecule has 3 atom stereocenters. The predicted molar refractivity (Wildman–Crippen MR) is 125 cm³/mol. The number of aryl methyl sites for hydroxylation is 1. The molecule has 156 valence electrons. The van der Waals surface area contributed by atoms with Crippen molar-refractivity contribution >= 4 is 11.6 Å². The third-order valence-electron chi connectivity index (χ3n) is 6.29. The highest BCUT2D eigenvalue weighted by Crippen LogP contribution is 2.47. The molecular formula is C27H35ClO. The smallest absolute Gasteiger partial charge is 0.123 e. The average Bonchev–Trinajstić information content (AvgIpc) is 2.67. The highest BCUT2D eigenvalue weighted by atomic mass is 35.5. The zero-order valence-corrected chi connectivity index (χ0v) is 19.4. The number of ether oxygens (including phenoxy) is 1. The van der Waals surface area contributed by atoms with Crippen LogP contribution in [0.1, 0.15) is 87.5 Å². The molecule has 2 heteroatoms. The average molecular weight is 411 g/mol. The Labute approximate surface area is 182 Å². The summed E-state index contributed by atoms with van der Waals surface area (Å²) in [7, 11) is 0. The van der Waals surface area contributed by atoms with E-state index in [0.29, 0.717) is 24.4 Å². The summed E-state index contributed by atoms with van der Waals surface area (Å²) < 4.78 is 6.37. The molecule has 3 rings (SSSR count). The molecule has 0 N–H and O–H groups in total. The Hall–Kier alpha value is -1.73. The van der Waals surface area contributed by atoms with Crippen LogP contribution < -0.4 is 4.74 Å². The maximum absolute atomic E-state index is 6.37. The van der Waals surface area contributed by atoms with Crippen molar-refractivity contribution in [1.29, 1.82) is 0 Å². The predicted octanol–water partition coefficient (Wildman–Crippen LogP) is 8.59. The summed E-state index contributed by atoms with van der Waals surface area (Å²) >= 11 is 6.02. The van der Waals surface area contributed by atoms with Crippen molar-refractivity contribution < 1.29 is 4.74 Å². The normalized spacial score (nSPS) is 19.4. The van der Waals surface area contributed by atoms with Gasteiger partial charge >= 0.3 is 0 Å². The molecule has 1 aliphatic rings. The molecule has 0 saturated carbocycles. The van der Waals surface area contributed by atoms with Gasteiger partial charge in [-0.05, 0) is 99.1 Å². The van der Waals surface area contributed by atoms with Gasteiger partial charge in [-0.25, -0.2) is 0 Å². The molecule has 0 aromatic heterocycles. The largest absolute Gasteiger partial charge is 0.489 e. The standard InChI is InChI=1S/C27H35ClO/c1-18(2)7-6-8-20(4)24-14-9-21(5)27-25(24)15-19(3)16-26(27)29-17-22-10-12-23(28)13-11-22/h7,10-13,15-16,20-21,24H,6,8-9,14,17H2,1-5H3/t20-,21+,24?/m0/s1. The number of benzene rings is 2. The van der Waals surface area contributed by atoms with Gasteiger partial charge in [-0.15, -0.1) is 0 Å². The van der Waals surface area contributed by atoms with Gasteiger partial charge in [-0.2, -0.15) is 0 Å². The fourth-order valence-corrected chi connectivity index (χ4v) is 4.77. The molecule has 0 aliphatic heterocycles. The molecule has 0 heterocycles. The highest BCUT2D eigenvalue weighted by Gasteiger charge is 2.31. The van der Waals surface area contributed by atoms with Crippen molar-refractivity contribution in [2.24, 2.45) is 5.92 Å². The first kappa shape index (κ1) is 22.0. The van der Waals surface area contributed by atoms with E-state index in [-0.39, 0.29) is 0 Å². The topological polar surface area (TPSA) is 9.23 Å². The molecule has 1 aliphatic carbocycles. The van der Waals surface area contributed by atoms with E-state index in [1.54, 1.807) is 0 Å². The lowest BCUT2D eigenvalue weighted by atomic mass is 9.71. The summed E-state index contributed by atoms with van der Waals surface area (Å²) in [6.07, 6.45) is 7.32. The van der Waals surface area contributed by atoms with E-state index in [4.69, 9.17) is 16.3 Å². The second-order valence-corrected chi connectivity index (χ2v) is 9.54. The number of halogens is 1. The summed E-state index contributed by atoms with van der Waals surface area (Å²) in [5.74, 6) is 2.93. The fourth-order valence-electron chi connectivity index (χ4n) is 4.64. The van der Waals surface area contributed by atoms with Crippen molar-refractivity contribution in [2.45, 2.75) is 78.7 Å². The minimum atomic E-state index is 0.548. The molecule has 29 heavy (non-hydrogen) atoms. The van der Waals surface area contributed by atoms with E-state index >= 15 is 0 Å². The Morgan fingerprint density at radius 2 is 1.90 bits per heavy atom. The third kappa shape index (κ3) is 5.66. The number of hydrogen-bond donors (Lipinski definition) is 0. The van der Waals surface area contributed by atoms with Crippen LogP contribution in [-0.2, 0) is 6.61 Å². The van der Waals surface area contributed by atoms with Crippen LogP contribution in [0.2, 0.25) is 5.02 Å². The van der Waals surface area contributed by atoms with Gasteiger partial charge in [0.15, 0.2) is 0 Å². The molecule has 1 unspecified atom stereocenters. The summed E-state index contributed by atoms with van der Waals surface area (Å²) in [4.78, 5) is 0. The first-order chi connectivity index (χ1) is 13.8. The zero-order chi connectivity index (χ0) is 21.0. The van der Waals surface area contributed by atoms with Crippen molar-refractivity contribution in [3.8, 4) is 5.75 Å². The van der Waals surface area contributed by atoms with E-state index in [9.17, 15) is 0 Å². The maximum atomic E-state index is 6.37. The van der Waals surface area contributed by atoms with E-state index in [2.05, 4.69) is 52.8 Å². The van der Waals surface area contributed by atoms with Gasteiger partial charge in [0.2, 0.25) is 0 Å².